The lowest BCUT2D eigenvalue weighted by Gasteiger charge is -2.33. The molecule has 2 heterocycles. The molecule has 0 aliphatic carbocycles. The second-order valence-electron chi connectivity index (χ2n) is 10.4. The molecule has 2 aliphatic rings. The molecule has 0 N–H and O–H groups in total. The molecule has 0 spiro atoms. The van der Waals surface area contributed by atoms with Gasteiger partial charge in [-0.15, -0.1) is 0 Å². The van der Waals surface area contributed by atoms with Gasteiger partial charge in [-0.05, 0) is 37.1 Å². The number of benzene rings is 2. The molecule has 0 aromatic heterocycles. The molecule has 4 atom stereocenters. The third kappa shape index (κ3) is 2.66. The molecule has 162 valence electrons. The van der Waals surface area contributed by atoms with Crippen LogP contribution in [0.2, 0.25) is 0 Å². The fraction of sp³-hybridized carbons (Fsp3) is 0.500. The van der Waals surface area contributed by atoms with Crippen LogP contribution in [0.1, 0.15) is 55.4 Å². The maximum Gasteiger partial charge on any atom is 0.163 e. The fourth-order valence-electron chi connectivity index (χ4n) is 5.00. The highest BCUT2D eigenvalue weighted by Gasteiger charge is 2.54. The summed E-state index contributed by atoms with van der Waals surface area (Å²) < 4.78 is 41.2. The third-order valence-corrected chi connectivity index (χ3v) is 15.1. The topological polar surface area (TPSA) is 52.6 Å². The van der Waals surface area contributed by atoms with E-state index in [0.717, 1.165) is 21.7 Å². The minimum atomic E-state index is -2.91. The fourth-order valence-corrected chi connectivity index (χ4v) is 11.8. The Labute approximate surface area is 180 Å². The van der Waals surface area contributed by atoms with E-state index in [2.05, 4.69) is 0 Å². The summed E-state index contributed by atoms with van der Waals surface area (Å²) in [6.07, 6.45) is 0. The highest BCUT2D eigenvalue weighted by molar-refractivity contribution is 7.75. The molecule has 30 heavy (non-hydrogen) atoms. The van der Waals surface area contributed by atoms with Gasteiger partial charge in [-0.2, -0.15) is 0 Å². The molecule has 4 nitrogen and oxygen atoms in total. The zero-order valence-corrected chi connectivity index (χ0v) is 20.9. The average Bonchev–Trinajstić information content (AvgIpc) is 3.06. The summed E-state index contributed by atoms with van der Waals surface area (Å²) in [5.74, 6) is 0.562. The van der Waals surface area contributed by atoms with E-state index in [0.29, 0.717) is 11.5 Å². The molecule has 4 rings (SSSR count). The lowest BCUT2D eigenvalue weighted by molar-refractivity contribution is 0.303. The highest BCUT2D eigenvalue weighted by atomic mass is 31.2. The van der Waals surface area contributed by atoms with E-state index in [4.69, 9.17) is 9.47 Å². The first-order chi connectivity index (χ1) is 13.7. The number of fused-ring (bicyclic) bond motifs is 2. The molecule has 2 aliphatic heterocycles. The quantitative estimate of drug-likeness (QED) is 0.476. The van der Waals surface area contributed by atoms with Crippen molar-refractivity contribution in [2.45, 2.75) is 77.4 Å². The van der Waals surface area contributed by atoms with Gasteiger partial charge in [0.1, 0.15) is 11.5 Å². The summed E-state index contributed by atoms with van der Waals surface area (Å²) in [4.78, 5) is 0. The Balaban J connectivity index is 2.08. The van der Waals surface area contributed by atoms with Crippen molar-refractivity contribution in [3.63, 3.8) is 0 Å². The minimum absolute atomic E-state index is 0.394. The van der Waals surface area contributed by atoms with Crippen LogP contribution in [0.25, 0.3) is 11.1 Å². The summed E-state index contributed by atoms with van der Waals surface area (Å²) in [7, 11) is -5.83. The normalized spacial score (nSPS) is 30.4. The van der Waals surface area contributed by atoms with Crippen LogP contribution in [0, 0.1) is 0 Å². The zero-order chi connectivity index (χ0) is 22.3. The minimum Gasteiger partial charge on any atom is -0.482 e. The van der Waals surface area contributed by atoms with Gasteiger partial charge in [-0.3, -0.25) is 0 Å². The number of hydrogen-bond acceptors (Lipinski definition) is 4. The van der Waals surface area contributed by atoms with Crippen molar-refractivity contribution in [3.8, 4) is 22.6 Å². The smallest absolute Gasteiger partial charge is 0.163 e. The van der Waals surface area contributed by atoms with Gasteiger partial charge in [-0.25, -0.2) is 0 Å². The van der Waals surface area contributed by atoms with E-state index < -0.39 is 36.3 Å². The number of hydrogen-bond donors (Lipinski definition) is 0. The molecule has 0 fully saturated rings. The third-order valence-electron chi connectivity index (χ3n) is 6.56. The average molecular weight is 446 g/mol. The van der Waals surface area contributed by atoms with E-state index in [1.807, 2.05) is 91.8 Å². The first kappa shape index (κ1) is 21.7. The number of ether oxygens (including phenoxy) is 2. The summed E-state index contributed by atoms with van der Waals surface area (Å²) in [5.41, 5.74) is 1.71. The Morgan fingerprint density at radius 2 is 1.00 bits per heavy atom. The second kappa shape index (κ2) is 6.50. The Hall–Kier alpha value is -1.50. The maximum atomic E-state index is 14.5. The van der Waals surface area contributed by atoms with E-state index in [-0.39, 0.29) is 0 Å². The molecule has 2 aromatic rings. The van der Waals surface area contributed by atoms with E-state index in [1.165, 1.54) is 0 Å². The standard InChI is InChI=1S/C24H32O4P2/c1-15-27-19-13-9-11-17(21(19)29(15,25)23(3,4)5)18-12-10-14-20-22(18)30(26,16(2)28-20)24(6,7)8/h9-16H,1-8H3/t15-,16-,29-,30-/m0/s1. The molecular weight excluding hydrogens is 414 g/mol. The van der Waals surface area contributed by atoms with Crippen LogP contribution < -0.4 is 20.1 Å². The molecule has 0 radical (unpaired) electrons. The summed E-state index contributed by atoms with van der Waals surface area (Å²) >= 11 is 0. The molecule has 0 bridgehead atoms. The van der Waals surface area contributed by atoms with Crippen LogP contribution in [-0.2, 0) is 9.13 Å². The van der Waals surface area contributed by atoms with Crippen LogP contribution in [0.4, 0.5) is 0 Å². The van der Waals surface area contributed by atoms with Crippen molar-refractivity contribution in [3.05, 3.63) is 36.4 Å². The van der Waals surface area contributed by atoms with Crippen LogP contribution >= 0.6 is 14.3 Å². The maximum absolute atomic E-state index is 14.5. The predicted molar refractivity (Wildman–Crippen MR) is 126 cm³/mol. The molecule has 0 saturated carbocycles. The van der Waals surface area contributed by atoms with Crippen LogP contribution in [-0.4, -0.2) is 22.0 Å². The highest BCUT2D eigenvalue weighted by Crippen LogP contribution is 2.69. The SMILES string of the molecule is C[C@H]1Oc2cccc(-c3cccc4c3[P@](=O)(C(C)(C)C)[C@@H](C)O4)c2[P@]1(=O)C(C)(C)C. The predicted octanol–water partition coefficient (Wildman–Crippen LogP) is 6.40. The lowest BCUT2D eigenvalue weighted by atomic mass is 10.0. The van der Waals surface area contributed by atoms with Crippen molar-refractivity contribution in [2.24, 2.45) is 0 Å². The Morgan fingerprint density at radius 1 is 0.667 bits per heavy atom. The molecule has 0 unspecified atom stereocenters. The van der Waals surface area contributed by atoms with E-state index in [1.54, 1.807) is 0 Å². The Kier molecular flexibility index (Phi) is 4.71. The Morgan fingerprint density at radius 3 is 1.30 bits per heavy atom. The first-order valence-electron chi connectivity index (χ1n) is 10.5. The summed E-state index contributed by atoms with van der Waals surface area (Å²) in [6, 6.07) is 11.6. The zero-order valence-electron chi connectivity index (χ0n) is 19.1. The van der Waals surface area contributed by atoms with Crippen molar-refractivity contribution in [1.82, 2.24) is 0 Å². The van der Waals surface area contributed by atoms with Gasteiger partial charge in [0.25, 0.3) is 0 Å². The number of rotatable bonds is 1. The van der Waals surface area contributed by atoms with Gasteiger partial charge in [0.2, 0.25) is 0 Å². The van der Waals surface area contributed by atoms with Crippen molar-refractivity contribution >= 4 is 24.9 Å². The summed E-state index contributed by atoms with van der Waals surface area (Å²) in [5, 5.41) is 0.642. The van der Waals surface area contributed by atoms with Crippen LogP contribution in [0.3, 0.4) is 0 Å². The van der Waals surface area contributed by atoms with Crippen molar-refractivity contribution in [2.75, 3.05) is 0 Å². The van der Waals surface area contributed by atoms with Gasteiger partial charge in [0.15, 0.2) is 26.0 Å². The summed E-state index contributed by atoms with van der Waals surface area (Å²) in [6.45, 7) is 15.9. The molecule has 6 heteroatoms. The van der Waals surface area contributed by atoms with Gasteiger partial charge in [0, 0.05) is 10.3 Å². The second-order valence-corrected chi connectivity index (χ2v) is 18.1. The molecule has 0 saturated heterocycles. The van der Waals surface area contributed by atoms with E-state index >= 15 is 0 Å². The lowest BCUT2D eigenvalue weighted by Crippen LogP contribution is -2.29. The molecule has 2 aromatic carbocycles. The van der Waals surface area contributed by atoms with Crippen LogP contribution in [0.5, 0.6) is 11.5 Å². The Bertz CT molecular complexity index is 1030. The van der Waals surface area contributed by atoms with Gasteiger partial charge < -0.3 is 18.6 Å². The molecular formula is C24H32O4P2. The van der Waals surface area contributed by atoms with Crippen molar-refractivity contribution < 1.29 is 18.6 Å². The van der Waals surface area contributed by atoms with Gasteiger partial charge >= 0.3 is 0 Å². The van der Waals surface area contributed by atoms with Gasteiger partial charge in [-0.1, -0.05) is 65.8 Å². The largest absolute Gasteiger partial charge is 0.482 e. The monoisotopic (exact) mass is 446 g/mol. The van der Waals surface area contributed by atoms with Crippen molar-refractivity contribution in [1.29, 1.82) is 0 Å². The van der Waals surface area contributed by atoms with Crippen LogP contribution in [0.15, 0.2) is 36.4 Å². The first-order valence-corrected chi connectivity index (χ1v) is 14.1. The van der Waals surface area contributed by atoms with Gasteiger partial charge in [0.05, 0.1) is 10.6 Å². The molecule has 0 amide bonds. The van der Waals surface area contributed by atoms with E-state index in [9.17, 15) is 9.13 Å².